The maximum atomic E-state index is 5.48. The minimum atomic E-state index is 0.463. The van der Waals surface area contributed by atoms with Crippen LogP contribution >= 0.6 is 0 Å². The normalized spacial score (nSPS) is 18.3. The molecular weight excluding hydrogens is 236 g/mol. The Morgan fingerprint density at radius 1 is 1.21 bits per heavy atom. The molecule has 3 heteroatoms. The molecule has 0 saturated carbocycles. The summed E-state index contributed by atoms with van der Waals surface area (Å²) in [5.41, 5.74) is 2.66. The van der Waals surface area contributed by atoms with E-state index in [-0.39, 0.29) is 0 Å². The van der Waals surface area contributed by atoms with Gasteiger partial charge in [0.25, 0.3) is 0 Å². The lowest BCUT2D eigenvalue weighted by Crippen LogP contribution is -2.32. The topological polar surface area (TPSA) is 24.5 Å². The number of nitrogens with one attached hydrogen (secondary N) is 1. The smallest absolute Gasteiger partial charge is 0.0469 e. The molecule has 1 heterocycles. The average molecular weight is 262 g/mol. The molecule has 0 aromatic heterocycles. The van der Waals surface area contributed by atoms with E-state index in [1.807, 2.05) is 0 Å². The SMILES string of the molecule is CCNC(c1ccc(N(C)C)cc1)C1CCOCC1. The monoisotopic (exact) mass is 262 g/mol. The Morgan fingerprint density at radius 2 is 1.84 bits per heavy atom. The van der Waals surface area contributed by atoms with Crippen LogP contribution < -0.4 is 10.2 Å². The van der Waals surface area contributed by atoms with E-state index in [4.69, 9.17) is 4.74 Å². The summed E-state index contributed by atoms with van der Waals surface area (Å²) in [5, 5.41) is 3.65. The molecule has 0 bridgehead atoms. The summed E-state index contributed by atoms with van der Waals surface area (Å²) >= 11 is 0. The lowest BCUT2D eigenvalue weighted by atomic mass is 9.87. The molecule has 3 nitrogen and oxygen atoms in total. The van der Waals surface area contributed by atoms with Crippen molar-refractivity contribution in [2.45, 2.75) is 25.8 Å². The molecule has 1 atom stereocenters. The second kappa shape index (κ2) is 6.92. The standard InChI is InChI=1S/C16H26N2O/c1-4-17-16(14-9-11-19-12-10-14)13-5-7-15(8-6-13)18(2)3/h5-8,14,16-17H,4,9-12H2,1-3H3. The van der Waals surface area contributed by atoms with Crippen molar-refractivity contribution >= 4 is 5.69 Å². The minimum absolute atomic E-state index is 0.463. The molecule has 1 saturated heterocycles. The van der Waals surface area contributed by atoms with Crippen molar-refractivity contribution < 1.29 is 4.74 Å². The Bertz CT molecular complexity index is 369. The summed E-state index contributed by atoms with van der Waals surface area (Å²) in [6.07, 6.45) is 2.32. The lowest BCUT2D eigenvalue weighted by Gasteiger charge is -2.31. The Labute approximate surface area is 116 Å². The van der Waals surface area contributed by atoms with Crippen molar-refractivity contribution in [2.75, 3.05) is 38.8 Å². The van der Waals surface area contributed by atoms with Gasteiger partial charge in [-0.1, -0.05) is 19.1 Å². The zero-order valence-electron chi connectivity index (χ0n) is 12.4. The van der Waals surface area contributed by atoms with Gasteiger partial charge in [-0.15, -0.1) is 0 Å². The molecule has 0 radical (unpaired) electrons. The predicted molar refractivity (Wildman–Crippen MR) is 80.7 cm³/mol. The Balaban J connectivity index is 2.13. The van der Waals surface area contributed by atoms with E-state index in [0.717, 1.165) is 32.6 Å². The summed E-state index contributed by atoms with van der Waals surface area (Å²) in [7, 11) is 4.16. The van der Waals surface area contributed by atoms with Gasteiger partial charge < -0.3 is 15.0 Å². The van der Waals surface area contributed by atoms with Crippen LogP contribution in [0.15, 0.2) is 24.3 Å². The average Bonchev–Trinajstić information content (AvgIpc) is 2.46. The van der Waals surface area contributed by atoms with Gasteiger partial charge in [0.2, 0.25) is 0 Å². The van der Waals surface area contributed by atoms with Gasteiger partial charge in [0, 0.05) is 39.0 Å². The van der Waals surface area contributed by atoms with Crippen LogP contribution in [0.25, 0.3) is 0 Å². The van der Waals surface area contributed by atoms with E-state index in [0.29, 0.717) is 12.0 Å². The van der Waals surface area contributed by atoms with Crippen LogP contribution in [0.3, 0.4) is 0 Å². The summed E-state index contributed by atoms with van der Waals surface area (Å²) < 4.78 is 5.48. The van der Waals surface area contributed by atoms with Crippen LogP contribution in [0.4, 0.5) is 5.69 Å². The van der Waals surface area contributed by atoms with Crippen molar-refractivity contribution in [3.8, 4) is 0 Å². The van der Waals surface area contributed by atoms with Gasteiger partial charge >= 0.3 is 0 Å². The van der Waals surface area contributed by atoms with Crippen LogP contribution in [-0.2, 0) is 4.74 Å². The fourth-order valence-corrected chi connectivity index (χ4v) is 2.81. The zero-order valence-corrected chi connectivity index (χ0v) is 12.4. The predicted octanol–water partition coefficient (Wildman–Crippen LogP) is 2.83. The molecule has 19 heavy (non-hydrogen) atoms. The van der Waals surface area contributed by atoms with E-state index < -0.39 is 0 Å². The molecule has 1 N–H and O–H groups in total. The summed E-state index contributed by atoms with van der Waals surface area (Å²) in [6.45, 7) is 5.00. The molecule has 1 aliphatic heterocycles. The van der Waals surface area contributed by atoms with Gasteiger partial charge in [-0.05, 0) is 43.0 Å². The molecule has 106 valence electrons. The number of hydrogen-bond acceptors (Lipinski definition) is 3. The summed E-state index contributed by atoms with van der Waals surface area (Å²) in [5.74, 6) is 0.693. The third kappa shape index (κ3) is 3.71. The second-order valence-corrected chi connectivity index (χ2v) is 5.47. The van der Waals surface area contributed by atoms with E-state index in [9.17, 15) is 0 Å². The number of nitrogens with zero attached hydrogens (tertiary/aromatic N) is 1. The molecule has 2 rings (SSSR count). The van der Waals surface area contributed by atoms with Crippen molar-refractivity contribution in [1.29, 1.82) is 0 Å². The third-order valence-electron chi connectivity index (χ3n) is 3.93. The van der Waals surface area contributed by atoms with Gasteiger partial charge in [-0.2, -0.15) is 0 Å². The molecule has 1 aromatic carbocycles. The van der Waals surface area contributed by atoms with Crippen LogP contribution in [-0.4, -0.2) is 33.9 Å². The quantitative estimate of drug-likeness (QED) is 0.883. The maximum absolute atomic E-state index is 5.48. The highest BCUT2D eigenvalue weighted by molar-refractivity contribution is 5.46. The van der Waals surface area contributed by atoms with Gasteiger partial charge in [-0.25, -0.2) is 0 Å². The lowest BCUT2D eigenvalue weighted by molar-refractivity contribution is 0.0538. The largest absolute Gasteiger partial charge is 0.381 e. The van der Waals surface area contributed by atoms with Gasteiger partial charge in [0.1, 0.15) is 0 Å². The van der Waals surface area contributed by atoms with Crippen LogP contribution in [0.5, 0.6) is 0 Å². The van der Waals surface area contributed by atoms with Crippen molar-refractivity contribution in [2.24, 2.45) is 5.92 Å². The van der Waals surface area contributed by atoms with Crippen molar-refractivity contribution in [3.05, 3.63) is 29.8 Å². The van der Waals surface area contributed by atoms with Crippen molar-refractivity contribution in [3.63, 3.8) is 0 Å². The highest BCUT2D eigenvalue weighted by Gasteiger charge is 2.24. The van der Waals surface area contributed by atoms with Crippen LogP contribution in [0.2, 0.25) is 0 Å². The first kappa shape index (κ1) is 14.4. The molecule has 0 spiro atoms. The molecule has 1 fully saturated rings. The Kier molecular flexibility index (Phi) is 5.23. The highest BCUT2D eigenvalue weighted by atomic mass is 16.5. The summed E-state index contributed by atoms with van der Waals surface area (Å²) in [6, 6.07) is 9.40. The summed E-state index contributed by atoms with van der Waals surface area (Å²) in [4.78, 5) is 2.14. The molecular formula is C16H26N2O. The first-order valence-electron chi connectivity index (χ1n) is 7.30. The Hall–Kier alpha value is -1.06. The minimum Gasteiger partial charge on any atom is -0.381 e. The number of anilines is 1. The Morgan fingerprint density at radius 3 is 2.37 bits per heavy atom. The third-order valence-corrected chi connectivity index (χ3v) is 3.93. The molecule has 0 aliphatic carbocycles. The fourth-order valence-electron chi connectivity index (χ4n) is 2.81. The van der Waals surface area contributed by atoms with E-state index >= 15 is 0 Å². The second-order valence-electron chi connectivity index (χ2n) is 5.47. The van der Waals surface area contributed by atoms with Crippen LogP contribution in [0.1, 0.15) is 31.4 Å². The van der Waals surface area contributed by atoms with E-state index in [1.165, 1.54) is 11.3 Å². The molecule has 1 aliphatic rings. The number of rotatable bonds is 5. The van der Waals surface area contributed by atoms with E-state index in [2.05, 4.69) is 55.5 Å². The first-order valence-corrected chi connectivity index (χ1v) is 7.30. The fraction of sp³-hybridized carbons (Fsp3) is 0.625. The van der Waals surface area contributed by atoms with Gasteiger partial charge in [0.15, 0.2) is 0 Å². The van der Waals surface area contributed by atoms with Gasteiger partial charge in [-0.3, -0.25) is 0 Å². The zero-order chi connectivity index (χ0) is 13.7. The highest BCUT2D eigenvalue weighted by Crippen LogP contribution is 2.30. The first-order chi connectivity index (χ1) is 9.22. The van der Waals surface area contributed by atoms with Gasteiger partial charge in [0.05, 0.1) is 0 Å². The maximum Gasteiger partial charge on any atom is 0.0469 e. The van der Waals surface area contributed by atoms with E-state index in [1.54, 1.807) is 0 Å². The number of ether oxygens (including phenoxy) is 1. The molecule has 1 unspecified atom stereocenters. The van der Waals surface area contributed by atoms with Crippen LogP contribution in [0, 0.1) is 5.92 Å². The molecule has 0 amide bonds. The van der Waals surface area contributed by atoms with Crippen molar-refractivity contribution in [1.82, 2.24) is 5.32 Å². The number of hydrogen-bond donors (Lipinski definition) is 1. The number of benzene rings is 1. The molecule has 1 aromatic rings.